The summed E-state index contributed by atoms with van der Waals surface area (Å²) in [5.41, 5.74) is 7.93. The summed E-state index contributed by atoms with van der Waals surface area (Å²) in [5.74, 6) is 2.32. The van der Waals surface area contributed by atoms with Gasteiger partial charge in [-0.3, -0.25) is 0 Å². The molecule has 0 aliphatic carbocycles. The molecule has 178 valence electrons. The Balaban J connectivity index is 1.65. The Morgan fingerprint density at radius 2 is 2.15 bits per heavy atom. The number of hydrogen-bond donors (Lipinski definition) is 1. The molecule has 3 rings (SSSR count). The Morgan fingerprint density at radius 3 is 2.85 bits per heavy atom. The summed E-state index contributed by atoms with van der Waals surface area (Å²) in [7, 11) is 1.61. The molecule has 2 N–H and O–H groups in total. The molecule has 9 heteroatoms. The summed E-state index contributed by atoms with van der Waals surface area (Å²) in [6.07, 6.45) is 6.88. The largest absolute Gasteiger partial charge is 0.497 e. The zero-order valence-corrected chi connectivity index (χ0v) is 19.8. The van der Waals surface area contributed by atoms with Gasteiger partial charge in [0.15, 0.2) is 5.76 Å². The first-order chi connectivity index (χ1) is 16.0. The van der Waals surface area contributed by atoms with Crippen molar-refractivity contribution in [1.29, 1.82) is 0 Å². The molecule has 0 saturated carbocycles. The van der Waals surface area contributed by atoms with Crippen molar-refractivity contribution in [3.05, 3.63) is 58.7 Å². The molecule has 0 bridgehead atoms. The third kappa shape index (κ3) is 7.35. The molecule has 2 aliphatic rings. The minimum atomic E-state index is 0.200. The van der Waals surface area contributed by atoms with Gasteiger partial charge in [-0.1, -0.05) is 17.7 Å². The highest BCUT2D eigenvalue weighted by Crippen LogP contribution is 2.29. The number of halogens is 1. The van der Waals surface area contributed by atoms with Crippen LogP contribution in [0.5, 0.6) is 5.75 Å². The van der Waals surface area contributed by atoms with Gasteiger partial charge in [0.25, 0.3) is 0 Å². The molecule has 2 aliphatic heterocycles. The lowest BCUT2D eigenvalue weighted by molar-refractivity contribution is -0.131. The van der Waals surface area contributed by atoms with E-state index in [0.29, 0.717) is 73.1 Å². The molecule has 2 heterocycles. The van der Waals surface area contributed by atoms with E-state index in [1.54, 1.807) is 25.3 Å². The lowest BCUT2D eigenvalue weighted by atomic mass is 10.2. The molecule has 1 aromatic carbocycles. The van der Waals surface area contributed by atoms with Crippen molar-refractivity contribution < 1.29 is 23.7 Å². The second-order valence-corrected chi connectivity index (χ2v) is 7.94. The number of hydrogen-bond acceptors (Lipinski definition) is 8. The van der Waals surface area contributed by atoms with Crippen molar-refractivity contribution in [3.8, 4) is 5.75 Å². The molecular weight excluding hydrogens is 446 g/mol. The lowest BCUT2D eigenvalue weighted by Gasteiger charge is -2.25. The fraction of sp³-hybridized carbons (Fsp3) is 0.417. The van der Waals surface area contributed by atoms with E-state index in [1.807, 2.05) is 13.0 Å². The van der Waals surface area contributed by atoms with Crippen LogP contribution in [-0.2, 0) is 18.9 Å². The van der Waals surface area contributed by atoms with Crippen LogP contribution in [0.15, 0.2) is 58.1 Å². The van der Waals surface area contributed by atoms with Crippen molar-refractivity contribution in [3.63, 3.8) is 0 Å². The van der Waals surface area contributed by atoms with Crippen LogP contribution in [0.25, 0.3) is 0 Å². The van der Waals surface area contributed by atoms with Gasteiger partial charge in [0.05, 0.1) is 56.4 Å². The minimum absolute atomic E-state index is 0.200. The van der Waals surface area contributed by atoms with E-state index < -0.39 is 0 Å². The van der Waals surface area contributed by atoms with Gasteiger partial charge in [-0.25, -0.2) is 9.98 Å². The van der Waals surface area contributed by atoms with Gasteiger partial charge in [-0.15, -0.1) is 6.58 Å². The van der Waals surface area contributed by atoms with Crippen molar-refractivity contribution in [1.82, 2.24) is 0 Å². The van der Waals surface area contributed by atoms with E-state index in [2.05, 4.69) is 16.6 Å². The second-order valence-electron chi connectivity index (χ2n) is 7.54. The molecule has 1 fully saturated rings. The Labute approximate surface area is 199 Å². The first kappa shape index (κ1) is 24.8. The van der Waals surface area contributed by atoms with Gasteiger partial charge < -0.3 is 29.4 Å². The van der Waals surface area contributed by atoms with Crippen LogP contribution in [0, 0.1) is 6.92 Å². The Bertz CT molecular complexity index is 967. The van der Waals surface area contributed by atoms with Gasteiger partial charge >= 0.3 is 0 Å². The van der Waals surface area contributed by atoms with Crippen molar-refractivity contribution >= 4 is 29.5 Å². The van der Waals surface area contributed by atoms with Crippen LogP contribution in [0.1, 0.15) is 24.8 Å². The average Bonchev–Trinajstić information content (AvgIpc) is 2.76. The molecule has 0 amide bonds. The normalized spacial score (nSPS) is 17.8. The summed E-state index contributed by atoms with van der Waals surface area (Å²) in [4.78, 5) is 8.62. The van der Waals surface area contributed by atoms with Crippen molar-refractivity contribution in [2.24, 2.45) is 9.98 Å². The molecule has 33 heavy (non-hydrogen) atoms. The highest BCUT2D eigenvalue weighted by atomic mass is 35.5. The predicted octanol–water partition coefficient (Wildman–Crippen LogP) is 4.58. The number of ether oxygens (including phenoxy) is 5. The number of aryl methyl sites for hydroxylation is 1. The molecule has 0 spiro atoms. The molecule has 1 aromatic rings. The molecule has 1 saturated heterocycles. The molecular formula is C24H30ClN3O5. The maximum Gasteiger partial charge on any atom is 0.202 e. The number of methoxy groups -OCH3 is 1. The zero-order chi connectivity index (χ0) is 23.6. The maximum atomic E-state index is 6.14. The maximum absolute atomic E-state index is 6.14. The number of aliphatic imine (C=N–C) groups is 2. The quantitative estimate of drug-likeness (QED) is 0.218. The number of nitrogen functional groups attached to an aromatic ring is 1. The van der Waals surface area contributed by atoms with Gasteiger partial charge in [0.2, 0.25) is 5.90 Å². The van der Waals surface area contributed by atoms with Crippen LogP contribution >= 0.6 is 11.6 Å². The van der Waals surface area contributed by atoms with Crippen LogP contribution in [-0.4, -0.2) is 51.9 Å². The van der Waals surface area contributed by atoms with Crippen molar-refractivity contribution in [2.75, 3.05) is 39.3 Å². The summed E-state index contributed by atoms with van der Waals surface area (Å²) in [6.45, 7) is 8.09. The molecule has 8 nitrogen and oxygen atoms in total. The first-order valence-electron chi connectivity index (χ1n) is 10.7. The van der Waals surface area contributed by atoms with Gasteiger partial charge in [-0.05, 0) is 18.6 Å². The number of nitrogens with two attached hydrogens (primary N) is 1. The van der Waals surface area contributed by atoms with Gasteiger partial charge in [-0.2, -0.15) is 0 Å². The summed E-state index contributed by atoms with van der Waals surface area (Å²) >= 11 is 6.14. The topological polar surface area (TPSA) is 96.9 Å². The van der Waals surface area contributed by atoms with E-state index in [9.17, 15) is 0 Å². The Hall–Kier alpha value is -2.81. The molecule has 0 unspecified atom stereocenters. The number of anilines is 1. The molecule has 0 atom stereocenters. The van der Waals surface area contributed by atoms with E-state index in [0.717, 1.165) is 17.7 Å². The molecule has 0 radical (unpaired) electrons. The fourth-order valence-electron chi connectivity index (χ4n) is 3.06. The van der Waals surface area contributed by atoms with Crippen LogP contribution in [0.3, 0.4) is 0 Å². The highest BCUT2D eigenvalue weighted by molar-refractivity contribution is 6.33. The second kappa shape index (κ2) is 12.4. The van der Waals surface area contributed by atoms with Crippen LogP contribution in [0.4, 0.5) is 5.69 Å². The summed E-state index contributed by atoms with van der Waals surface area (Å²) in [5, 5.41) is 0.429. The third-order valence-corrected chi connectivity index (χ3v) is 5.26. The van der Waals surface area contributed by atoms with Gasteiger partial charge in [0.1, 0.15) is 24.0 Å². The smallest absolute Gasteiger partial charge is 0.202 e. The number of nitrogens with zero attached hydrogens (tertiary/aromatic N) is 2. The third-order valence-electron chi connectivity index (χ3n) is 4.94. The molecule has 0 aromatic heterocycles. The number of benzene rings is 1. The first-order valence-corrected chi connectivity index (χ1v) is 11.1. The van der Waals surface area contributed by atoms with Crippen LogP contribution < -0.4 is 10.5 Å². The predicted molar refractivity (Wildman–Crippen MR) is 130 cm³/mol. The SMILES string of the molecule is C=CC/C(OC)=C(\C=C1/CC(Oc2cc(Cl)c(N)cc2C)=NC=N1)OCCCOC1COC1. The highest BCUT2D eigenvalue weighted by Gasteiger charge is 2.18. The lowest BCUT2D eigenvalue weighted by Crippen LogP contribution is -2.36. The Morgan fingerprint density at radius 1 is 1.33 bits per heavy atom. The minimum Gasteiger partial charge on any atom is -0.497 e. The standard InChI is InChI=1S/C24H30ClN3O5/c1-4-6-21(29-3)23(32-8-5-7-31-18-13-30-14-18)10-17-11-24(28-15-27-17)33-22-12-19(25)20(26)9-16(22)2/h4,9-10,12,15,18H,1,5-8,11,13-14,26H2,2-3H3/b17-10+,23-21-. The van der Waals surface area contributed by atoms with E-state index >= 15 is 0 Å². The summed E-state index contributed by atoms with van der Waals surface area (Å²) in [6, 6.07) is 3.45. The fourth-order valence-corrected chi connectivity index (χ4v) is 3.21. The van der Waals surface area contributed by atoms with E-state index in [-0.39, 0.29) is 6.10 Å². The Kier molecular flexibility index (Phi) is 9.35. The van der Waals surface area contributed by atoms with Crippen LogP contribution in [0.2, 0.25) is 5.02 Å². The van der Waals surface area contributed by atoms with E-state index in [4.69, 9.17) is 41.0 Å². The zero-order valence-electron chi connectivity index (χ0n) is 19.0. The van der Waals surface area contributed by atoms with Crippen molar-refractivity contribution in [2.45, 2.75) is 32.3 Å². The monoisotopic (exact) mass is 475 g/mol. The summed E-state index contributed by atoms with van der Waals surface area (Å²) < 4.78 is 28.3. The average molecular weight is 476 g/mol. The number of rotatable bonds is 11. The van der Waals surface area contributed by atoms with E-state index in [1.165, 1.54) is 6.34 Å². The van der Waals surface area contributed by atoms with Gasteiger partial charge in [0, 0.05) is 25.0 Å². The number of allylic oxidation sites excluding steroid dienone is 2.